The quantitative estimate of drug-likeness (QED) is 0.908. The number of aromatic nitrogens is 1. The highest BCUT2D eigenvalue weighted by Gasteiger charge is 2.29. The number of nitrogens with zero attached hydrogens (tertiary/aromatic N) is 2. The predicted octanol–water partition coefficient (Wildman–Crippen LogP) is 3.36. The molecular formula is C17H20N4S. The zero-order valence-electron chi connectivity index (χ0n) is 12.6. The van der Waals surface area contributed by atoms with Crippen LogP contribution < -0.4 is 11.1 Å². The number of hydrogen-bond acceptors (Lipinski definition) is 5. The second-order valence-corrected chi connectivity index (χ2v) is 6.71. The topological polar surface area (TPSA) is 63.3 Å². The maximum atomic E-state index is 5.91. The molecular weight excluding hydrogens is 292 g/mol. The molecule has 0 amide bonds. The molecule has 1 unspecified atom stereocenters. The molecule has 0 spiro atoms. The third kappa shape index (κ3) is 3.42. The Bertz CT molecular complexity index is 671. The smallest absolute Gasteiger partial charge is 0.154 e. The van der Waals surface area contributed by atoms with Crippen molar-refractivity contribution in [2.24, 2.45) is 10.7 Å². The monoisotopic (exact) mass is 312 g/mol. The van der Waals surface area contributed by atoms with Crippen molar-refractivity contribution in [2.75, 3.05) is 11.1 Å². The van der Waals surface area contributed by atoms with Gasteiger partial charge in [0.1, 0.15) is 5.82 Å². The standard InChI is InChI=1S/C17H20N4S/c1-17(8-10-22-16(18)21-17)14-6-4-5-13(11-14)12-20-15-7-2-3-9-19-15/h2-7,9,11H,8,10,12H2,1H3,(H2,18,21)(H,19,20). The summed E-state index contributed by atoms with van der Waals surface area (Å²) in [4.78, 5) is 8.95. The van der Waals surface area contributed by atoms with Crippen molar-refractivity contribution >= 4 is 22.7 Å². The van der Waals surface area contributed by atoms with E-state index >= 15 is 0 Å². The fourth-order valence-electron chi connectivity index (χ4n) is 2.57. The Labute approximate surface area is 135 Å². The van der Waals surface area contributed by atoms with Crippen molar-refractivity contribution in [2.45, 2.75) is 25.4 Å². The number of aliphatic imine (C=N–C) groups is 1. The van der Waals surface area contributed by atoms with Gasteiger partial charge >= 0.3 is 0 Å². The van der Waals surface area contributed by atoms with Crippen LogP contribution in [0.5, 0.6) is 0 Å². The van der Waals surface area contributed by atoms with Crippen molar-refractivity contribution in [3.8, 4) is 0 Å². The van der Waals surface area contributed by atoms with Gasteiger partial charge in [0.05, 0.1) is 5.54 Å². The van der Waals surface area contributed by atoms with E-state index in [1.54, 1.807) is 18.0 Å². The lowest BCUT2D eigenvalue weighted by Crippen LogP contribution is -2.28. The number of rotatable bonds is 4. The number of pyridine rings is 1. The van der Waals surface area contributed by atoms with Crippen LogP contribution in [0.25, 0.3) is 0 Å². The molecule has 0 saturated carbocycles. The van der Waals surface area contributed by atoms with Crippen LogP contribution >= 0.6 is 11.8 Å². The highest BCUT2D eigenvalue weighted by atomic mass is 32.2. The predicted molar refractivity (Wildman–Crippen MR) is 94.1 cm³/mol. The molecule has 1 atom stereocenters. The number of nitrogens with two attached hydrogens (primary N) is 1. The molecule has 1 aliphatic rings. The van der Waals surface area contributed by atoms with Crippen LogP contribution in [0.2, 0.25) is 0 Å². The lowest BCUT2D eigenvalue weighted by atomic mass is 9.89. The van der Waals surface area contributed by atoms with E-state index in [1.165, 1.54) is 11.1 Å². The molecule has 1 aliphatic heterocycles. The highest BCUT2D eigenvalue weighted by Crippen LogP contribution is 2.35. The molecule has 2 aromatic rings. The first kappa shape index (κ1) is 14.9. The molecule has 4 nitrogen and oxygen atoms in total. The van der Waals surface area contributed by atoms with Crippen molar-refractivity contribution in [3.05, 3.63) is 59.8 Å². The molecule has 114 valence electrons. The van der Waals surface area contributed by atoms with Gasteiger partial charge in [-0.1, -0.05) is 42.1 Å². The summed E-state index contributed by atoms with van der Waals surface area (Å²) in [5, 5.41) is 4.02. The van der Waals surface area contributed by atoms with Gasteiger partial charge in [-0.15, -0.1) is 0 Å². The van der Waals surface area contributed by atoms with Crippen molar-refractivity contribution in [1.82, 2.24) is 4.98 Å². The van der Waals surface area contributed by atoms with Gasteiger partial charge in [0.25, 0.3) is 0 Å². The summed E-state index contributed by atoms with van der Waals surface area (Å²) in [5.74, 6) is 1.90. The van der Waals surface area contributed by atoms with Crippen LogP contribution in [0.4, 0.5) is 5.82 Å². The number of thioether (sulfide) groups is 1. The van der Waals surface area contributed by atoms with E-state index in [0.29, 0.717) is 5.17 Å². The fourth-order valence-corrected chi connectivity index (χ4v) is 3.55. The van der Waals surface area contributed by atoms with Gasteiger partial charge in [-0.3, -0.25) is 4.99 Å². The van der Waals surface area contributed by atoms with E-state index < -0.39 is 0 Å². The van der Waals surface area contributed by atoms with Gasteiger partial charge in [-0.2, -0.15) is 0 Å². The van der Waals surface area contributed by atoms with E-state index in [-0.39, 0.29) is 5.54 Å². The number of anilines is 1. The molecule has 0 bridgehead atoms. The third-order valence-electron chi connectivity index (χ3n) is 3.88. The van der Waals surface area contributed by atoms with Gasteiger partial charge < -0.3 is 11.1 Å². The SMILES string of the molecule is CC1(c2cccc(CNc3ccccn3)c2)CCSC(N)=N1. The minimum Gasteiger partial charge on any atom is -0.379 e. The maximum Gasteiger partial charge on any atom is 0.154 e. The zero-order valence-corrected chi connectivity index (χ0v) is 13.4. The van der Waals surface area contributed by atoms with E-state index in [4.69, 9.17) is 5.73 Å². The van der Waals surface area contributed by atoms with E-state index in [0.717, 1.165) is 24.5 Å². The Kier molecular flexibility index (Phi) is 4.34. The van der Waals surface area contributed by atoms with Crippen LogP contribution in [-0.2, 0) is 12.1 Å². The number of nitrogens with one attached hydrogen (secondary N) is 1. The lowest BCUT2D eigenvalue weighted by molar-refractivity contribution is 0.481. The number of hydrogen-bond donors (Lipinski definition) is 2. The minimum atomic E-state index is -0.212. The largest absolute Gasteiger partial charge is 0.379 e. The first-order valence-corrected chi connectivity index (χ1v) is 8.37. The molecule has 3 N–H and O–H groups in total. The summed E-state index contributed by atoms with van der Waals surface area (Å²) >= 11 is 1.63. The molecule has 5 heteroatoms. The summed E-state index contributed by atoms with van der Waals surface area (Å²) in [6.45, 7) is 2.90. The van der Waals surface area contributed by atoms with Gasteiger partial charge in [-0.05, 0) is 36.6 Å². The lowest BCUT2D eigenvalue weighted by Gasteiger charge is -2.30. The van der Waals surface area contributed by atoms with Crippen LogP contribution in [0.15, 0.2) is 53.7 Å². The number of benzene rings is 1. The van der Waals surface area contributed by atoms with Crippen LogP contribution in [-0.4, -0.2) is 15.9 Å². The fraction of sp³-hybridized carbons (Fsp3) is 0.294. The summed E-state index contributed by atoms with van der Waals surface area (Å²) in [6, 6.07) is 14.4. The summed E-state index contributed by atoms with van der Waals surface area (Å²) in [5.41, 5.74) is 8.14. The van der Waals surface area contributed by atoms with Crippen LogP contribution in [0, 0.1) is 0 Å². The molecule has 0 aliphatic carbocycles. The van der Waals surface area contributed by atoms with E-state index in [2.05, 4.69) is 46.5 Å². The van der Waals surface area contributed by atoms with Crippen LogP contribution in [0.3, 0.4) is 0 Å². The van der Waals surface area contributed by atoms with Gasteiger partial charge in [-0.25, -0.2) is 4.98 Å². The summed E-state index contributed by atoms with van der Waals surface area (Å²) in [6.07, 6.45) is 2.80. The van der Waals surface area contributed by atoms with Crippen molar-refractivity contribution in [1.29, 1.82) is 0 Å². The molecule has 0 radical (unpaired) electrons. The molecule has 22 heavy (non-hydrogen) atoms. The summed E-state index contributed by atoms with van der Waals surface area (Å²) < 4.78 is 0. The second kappa shape index (κ2) is 6.40. The van der Waals surface area contributed by atoms with E-state index in [9.17, 15) is 0 Å². The van der Waals surface area contributed by atoms with Crippen LogP contribution in [0.1, 0.15) is 24.5 Å². The molecule has 0 fully saturated rings. The van der Waals surface area contributed by atoms with Gasteiger partial charge in [0.15, 0.2) is 5.17 Å². The molecule has 0 saturated heterocycles. The van der Waals surface area contributed by atoms with Crippen molar-refractivity contribution < 1.29 is 0 Å². The Hall–Kier alpha value is -2.01. The van der Waals surface area contributed by atoms with E-state index in [1.807, 2.05) is 18.2 Å². The second-order valence-electron chi connectivity index (χ2n) is 5.59. The molecule has 1 aromatic heterocycles. The Morgan fingerprint density at radius 3 is 2.95 bits per heavy atom. The number of amidine groups is 1. The van der Waals surface area contributed by atoms with Gasteiger partial charge in [0.2, 0.25) is 0 Å². The zero-order chi connectivity index (χ0) is 15.4. The van der Waals surface area contributed by atoms with Crippen molar-refractivity contribution in [3.63, 3.8) is 0 Å². The Morgan fingerprint density at radius 2 is 2.18 bits per heavy atom. The third-order valence-corrected chi connectivity index (χ3v) is 4.68. The molecule has 2 heterocycles. The first-order valence-electron chi connectivity index (χ1n) is 7.38. The normalized spacial score (nSPS) is 21.2. The molecule has 1 aromatic carbocycles. The highest BCUT2D eigenvalue weighted by molar-refractivity contribution is 8.13. The average Bonchev–Trinajstić information content (AvgIpc) is 2.54. The minimum absolute atomic E-state index is 0.212. The Balaban J connectivity index is 1.77. The molecule has 3 rings (SSSR count). The van der Waals surface area contributed by atoms with Gasteiger partial charge in [0, 0.05) is 18.5 Å². The maximum absolute atomic E-state index is 5.91. The Morgan fingerprint density at radius 1 is 1.27 bits per heavy atom. The first-order chi connectivity index (χ1) is 10.7. The summed E-state index contributed by atoms with van der Waals surface area (Å²) in [7, 11) is 0. The average molecular weight is 312 g/mol.